The van der Waals surface area contributed by atoms with Gasteiger partial charge in [-0.1, -0.05) is 78.8 Å². The van der Waals surface area contributed by atoms with Gasteiger partial charge >= 0.3 is 0 Å². The van der Waals surface area contributed by atoms with Crippen molar-refractivity contribution in [2.75, 3.05) is 0 Å². The van der Waals surface area contributed by atoms with Crippen LogP contribution in [0.4, 0.5) is 0 Å². The molecule has 2 heteroatoms. The van der Waals surface area contributed by atoms with Crippen LogP contribution in [-0.4, -0.2) is 5.78 Å². The lowest BCUT2D eigenvalue weighted by Gasteiger charge is -2.20. The van der Waals surface area contributed by atoms with Crippen molar-refractivity contribution in [3.8, 4) is 0 Å². The van der Waals surface area contributed by atoms with E-state index in [1.807, 2.05) is 60.7 Å². The molecule has 0 bridgehead atoms. The number of halogens is 1. The maximum Gasteiger partial charge on any atom is 0.189 e. The van der Waals surface area contributed by atoms with E-state index >= 15 is 0 Å². The first kappa shape index (κ1) is 16.2. The summed E-state index contributed by atoms with van der Waals surface area (Å²) >= 11 is 5.92. The largest absolute Gasteiger partial charge is 0.289 e. The first-order chi connectivity index (χ1) is 11.7. The second-order valence-corrected chi connectivity index (χ2v) is 6.05. The molecule has 24 heavy (non-hydrogen) atoms. The van der Waals surface area contributed by atoms with E-state index in [2.05, 4.69) is 6.58 Å². The Hall–Kier alpha value is -2.64. The Balaban J connectivity index is 2.01. The molecule has 0 aliphatic carbocycles. The molecule has 0 atom stereocenters. The average molecular weight is 333 g/mol. The van der Waals surface area contributed by atoms with Crippen LogP contribution in [0.15, 0.2) is 97.1 Å². The molecule has 0 aliphatic rings. The van der Waals surface area contributed by atoms with Crippen LogP contribution in [0.2, 0.25) is 5.02 Å². The molecule has 118 valence electrons. The van der Waals surface area contributed by atoms with Crippen molar-refractivity contribution < 1.29 is 4.79 Å². The van der Waals surface area contributed by atoms with Gasteiger partial charge in [0.05, 0.1) is 0 Å². The van der Waals surface area contributed by atoms with Crippen LogP contribution in [0.1, 0.15) is 27.4 Å². The summed E-state index contributed by atoms with van der Waals surface area (Å²) in [6.45, 7) is 4.12. The number of allylic oxidation sites excluding steroid dienone is 1. The van der Waals surface area contributed by atoms with E-state index in [0.29, 0.717) is 16.2 Å². The Labute approximate surface area is 147 Å². The Morgan fingerprint density at radius 3 is 1.67 bits per heavy atom. The number of ketones is 1. The van der Waals surface area contributed by atoms with E-state index < -0.39 is 0 Å². The smallest absolute Gasteiger partial charge is 0.189 e. The minimum Gasteiger partial charge on any atom is -0.289 e. The van der Waals surface area contributed by atoms with E-state index in [1.165, 1.54) is 0 Å². The third-order valence-electron chi connectivity index (χ3n) is 4.01. The van der Waals surface area contributed by atoms with E-state index in [-0.39, 0.29) is 11.7 Å². The molecular formula is C22H17ClO. The normalized spacial score (nSPS) is 10.6. The third kappa shape index (κ3) is 3.47. The fraction of sp³-hybridized carbons (Fsp3) is 0.0455. The van der Waals surface area contributed by atoms with Gasteiger partial charge in [-0.05, 0) is 35.4 Å². The molecule has 0 saturated heterocycles. The summed E-state index contributed by atoms with van der Waals surface area (Å²) in [4.78, 5) is 12.9. The van der Waals surface area contributed by atoms with Gasteiger partial charge in [-0.15, -0.1) is 0 Å². The highest BCUT2D eigenvalue weighted by Gasteiger charge is 2.23. The molecule has 0 amide bonds. The van der Waals surface area contributed by atoms with Crippen LogP contribution in [0.5, 0.6) is 0 Å². The van der Waals surface area contributed by atoms with E-state index in [4.69, 9.17) is 11.6 Å². The Morgan fingerprint density at radius 2 is 1.21 bits per heavy atom. The van der Waals surface area contributed by atoms with Crippen molar-refractivity contribution in [2.24, 2.45) is 0 Å². The molecule has 0 spiro atoms. The summed E-state index contributed by atoms with van der Waals surface area (Å²) in [6, 6.07) is 26.9. The molecule has 3 rings (SSSR count). The maximum absolute atomic E-state index is 12.9. The first-order valence-corrected chi connectivity index (χ1v) is 8.13. The summed E-state index contributed by atoms with van der Waals surface area (Å²) in [7, 11) is 0. The van der Waals surface area contributed by atoms with Gasteiger partial charge in [-0.3, -0.25) is 4.79 Å². The number of hydrogen-bond donors (Lipinski definition) is 0. The average Bonchev–Trinajstić information content (AvgIpc) is 2.64. The maximum atomic E-state index is 12.9. The lowest BCUT2D eigenvalue weighted by Crippen LogP contribution is -2.12. The van der Waals surface area contributed by atoms with Gasteiger partial charge in [0.15, 0.2) is 5.78 Å². The SMILES string of the molecule is C=C(C(=O)c1ccc(Cl)cc1)C(c1ccccc1)c1ccccc1. The van der Waals surface area contributed by atoms with Gasteiger partial charge in [0.2, 0.25) is 0 Å². The lowest BCUT2D eigenvalue weighted by molar-refractivity contribution is 0.103. The Kier molecular flexibility index (Phi) is 4.93. The van der Waals surface area contributed by atoms with Crippen LogP contribution >= 0.6 is 11.6 Å². The molecule has 0 aliphatic heterocycles. The van der Waals surface area contributed by atoms with Crippen LogP contribution in [0, 0.1) is 0 Å². The predicted octanol–water partition coefficient (Wildman–Crippen LogP) is 5.91. The highest BCUT2D eigenvalue weighted by molar-refractivity contribution is 6.30. The van der Waals surface area contributed by atoms with Gasteiger partial charge in [-0.2, -0.15) is 0 Å². The summed E-state index contributed by atoms with van der Waals surface area (Å²) in [5, 5.41) is 0.611. The number of hydrogen-bond acceptors (Lipinski definition) is 1. The molecule has 0 unspecified atom stereocenters. The lowest BCUT2D eigenvalue weighted by atomic mass is 9.82. The van der Waals surface area contributed by atoms with Crippen molar-refractivity contribution in [2.45, 2.75) is 5.92 Å². The third-order valence-corrected chi connectivity index (χ3v) is 4.26. The minimum absolute atomic E-state index is 0.0654. The Morgan fingerprint density at radius 1 is 0.750 bits per heavy atom. The minimum atomic E-state index is -0.171. The van der Waals surface area contributed by atoms with Crippen molar-refractivity contribution in [3.05, 3.63) is 119 Å². The summed E-state index contributed by atoms with van der Waals surface area (Å²) in [6.07, 6.45) is 0. The second kappa shape index (κ2) is 7.29. The van der Waals surface area contributed by atoms with Gasteiger partial charge in [0.25, 0.3) is 0 Å². The highest BCUT2D eigenvalue weighted by Crippen LogP contribution is 2.32. The van der Waals surface area contributed by atoms with Crippen LogP contribution < -0.4 is 0 Å². The molecule has 0 saturated carbocycles. The molecular weight excluding hydrogens is 316 g/mol. The van der Waals surface area contributed by atoms with Gasteiger partial charge in [0, 0.05) is 22.1 Å². The topological polar surface area (TPSA) is 17.1 Å². The van der Waals surface area contributed by atoms with Crippen LogP contribution in [0.3, 0.4) is 0 Å². The fourth-order valence-electron chi connectivity index (χ4n) is 2.80. The molecule has 0 aromatic heterocycles. The van der Waals surface area contributed by atoms with Crippen molar-refractivity contribution >= 4 is 17.4 Å². The molecule has 0 fully saturated rings. The van der Waals surface area contributed by atoms with Crippen molar-refractivity contribution in [1.82, 2.24) is 0 Å². The van der Waals surface area contributed by atoms with Gasteiger partial charge in [0.1, 0.15) is 0 Å². The summed E-state index contributed by atoms with van der Waals surface area (Å²) in [5.41, 5.74) is 3.25. The molecule has 3 aromatic carbocycles. The van der Waals surface area contributed by atoms with Gasteiger partial charge in [-0.25, -0.2) is 0 Å². The molecule has 3 aromatic rings. The van der Waals surface area contributed by atoms with Crippen molar-refractivity contribution in [1.29, 1.82) is 0 Å². The standard InChI is InChI=1S/C22H17ClO/c1-16(22(24)19-12-14-20(23)15-13-19)21(17-8-4-2-5-9-17)18-10-6-3-7-11-18/h2-15,21H,1H2. The number of rotatable bonds is 5. The molecule has 1 nitrogen and oxygen atoms in total. The zero-order valence-electron chi connectivity index (χ0n) is 13.2. The zero-order valence-corrected chi connectivity index (χ0v) is 13.9. The number of Topliss-reactive ketones (excluding diaryl/α,β-unsaturated/α-hetero) is 1. The zero-order chi connectivity index (χ0) is 16.9. The fourth-order valence-corrected chi connectivity index (χ4v) is 2.93. The first-order valence-electron chi connectivity index (χ1n) is 7.76. The summed E-state index contributed by atoms with van der Waals surface area (Å²) in [5.74, 6) is -0.236. The molecule has 0 heterocycles. The van der Waals surface area contributed by atoms with E-state index in [9.17, 15) is 4.79 Å². The van der Waals surface area contributed by atoms with Crippen molar-refractivity contribution in [3.63, 3.8) is 0 Å². The van der Waals surface area contributed by atoms with Gasteiger partial charge < -0.3 is 0 Å². The number of carbonyl (C=O) groups is 1. The van der Waals surface area contributed by atoms with E-state index in [1.54, 1.807) is 24.3 Å². The summed E-state index contributed by atoms with van der Waals surface area (Å²) < 4.78 is 0. The molecule has 0 radical (unpaired) electrons. The molecule has 0 N–H and O–H groups in total. The highest BCUT2D eigenvalue weighted by atomic mass is 35.5. The predicted molar refractivity (Wildman–Crippen MR) is 99.6 cm³/mol. The van der Waals surface area contributed by atoms with Crippen LogP contribution in [-0.2, 0) is 0 Å². The quantitative estimate of drug-likeness (QED) is 0.419. The van der Waals surface area contributed by atoms with Crippen LogP contribution in [0.25, 0.3) is 0 Å². The number of carbonyl (C=O) groups excluding carboxylic acids is 1. The number of benzene rings is 3. The monoisotopic (exact) mass is 332 g/mol. The second-order valence-electron chi connectivity index (χ2n) is 5.62. The Bertz CT molecular complexity index is 797. The van der Waals surface area contributed by atoms with E-state index in [0.717, 1.165) is 11.1 Å².